The fraction of sp³-hybridized carbons (Fsp3) is 0.294. The zero-order chi connectivity index (χ0) is 16.4. The normalized spacial score (nSPS) is 13.6. The van der Waals surface area contributed by atoms with Crippen molar-refractivity contribution in [3.63, 3.8) is 0 Å². The Bertz CT molecular complexity index is 783. The zero-order valence-electron chi connectivity index (χ0n) is 13.0. The summed E-state index contributed by atoms with van der Waals surface area (Å²) in [6.07, 6.45) is 8.09. The van der Waals surface area contributed by atoms with Gasteiger partial charge in [-0.3, -0.25) is 4.98 Å². The van der Waals surface area contributed by atoms with Crippen LogP contribution in [-0.2, 0) is 0 Å². The third-order valence-corrected chi connectivity index (χ3v) is 3.84. The van der Waals surface area contributed by atoms with Crippen molar-refractivity contribution in [1.29, 1.82) is 0 Å². The lowest BCUT2D eigenvalue weighted by atomic mass is 10.1. The van der Waals surface area contributed by atoms with Crippen molar-refractivity contribution in [2.75, 3.05) is 7.11 Å². The summed E-state index contributed by atoms with van der Waals surface area (Å²) >= 11 is 0. The van der Waals surface area contributed by atoms with Crippen molar-refractivity contribution in [2.45, 2.75) is 25.8 Å². The number of halogens is 2. The summed E-state index contributed by atoms with van der Waals surface area (Å²) in [4.78, 5) is 8.53. The second-order valence-electron chi connectivity index (χ2n) is 5.43. The molecule has 0 unspecified atom stereocenters. The summed E-state index contributed by atoms with van der Waals surface area (Å²) in [5.74, 6) is -0.609. The molecule has 1 aliphatic rings. The van der Waals surface area contributed by atoms with Crippen LogP contribution in [0.25, 0.3) is 11.4 Å². The van der Waals surface area contributed by atoms with Crippen molar-refractivity contribution in [1.82, 2.24) is 14.5 Å². The highest BCUT2D eigenvalue weighted by molar-refractivity contribution is 5.62. The molecular formula is C17H17F2N3O. The second kappa shape index (κ2) is 6.32. The van der Waals surface area contributed by atoms with Crippen LogP contribution in [0.3, 0.4) is 0 Å². The van der Waals surface area contributed by atoms with Crippen LogP contribution in [0.5, 0.6) is 5.75 Å². The number of nitrogens with zero attached hydrogens (tertiary/aromatic N) is 3. The minimum Gasteiger partial charge on any atom is -0.495 e. The number of ether oxygens (including phenoxy) is 1. The van der Waals surface area contributed by atoms with Gasteiger partial charge in [0, 0.05) is 35.8 Å². The van der Waals surface area contributed by atoms with Gasteiger partial charge in [-0.1, -0.05) is 0 Å². The lowest BCUT2D eigenvalue weighted by Gasteiger charge is -2.13. The Kier molecular flexibility index (Phi) is 4.23. The molecule has 1 saturated carbocycles. The topological polar surface area (TPSA) is 39.9 Å². The Labute approximate surface area is 133 Å². The lowest BCUT2D eigenvalue weighted by molar-refractivity contribution is 0.410. The van der Waals surface area contributed by atoms with E-state index in [-0.39, 0.29) is 6.04 Å². The van der Waals surface area contributed by atoms with Gasteiger partial charge in [0.05, 0.1) is 13.3 Å². The van der Waals surface area contributed by atoms with Gasteiger partial charge in [0.2, 0.25) is 0 Å². The summed E-state index contributed by atoms with van der Waals surface area (Å²) in [5, 5.41) is 0. The van der Waals surface area contributed by atoms with Crippen LogP contribution in [0.15, 0.2) is 36.9 Å². The smallest absolute Gasteiger partial charge is 0.160 e. The van der Waals surface area contributed by atoms with Gasteiger partial charge in [0.25, 0.3) is 0 Å². The number of hydrogen-bond donors (Lipinski definition) is 0. The molecule has 0 bridgehead atoms. The van der Waals surface area contributed by atoms with Gasteiger partial charge in [0.15, 0.2) is 11.6 Å². The maximum Gasteiger partial charge on any atom is 0.160 e. The van der Waals surface area contributed by atoms with Crippen LogP contribution < -0.4 is 4.74 Å². The second-order valence-corrected chi connectivity index (χ2v) is 5.43. The standard InChI is InChI=1S/C17H17F2N3O/c1-11-13(9-20-10-16(11)23-2)17-21-7-5-14(18)15(19)6-8-22(17)12-3-4-12/h5-10,12H,3-4H2,1-2H3. The van der Waals surface area contributed by atoms with Crippen LogP contribution in [0.1, 0.15) is 24.4 Å². The fourth-order valence-electron chi connectivity index (χ4n) is 2.41. The molecular weight excluding hydrogens is 300 g/mol. The molecule has 2 aromatic heterocycles. The number of methoxy groups -OCH3 is 1. The first kappa shape index (κ1) is 15.4. The van der Waals surface area contributed by atoms with Crippen LogP contribution in [0, 0.1) is 18.6 Å². The number of rotatable bonds is 3. The minimum absolute atomic E-state index is 0.234. The van der Waals surface area contributed by atoms with E-state index in [2.05, 4.69) is 9.97 Å². The molecule has 0 aromatic carbocycles. The predicted octanol–water partition coefficient (Wildman–Crippen LogP) is 4.00. The zero-order valence-corrected chi connectivity index (χ0v) is 13.0. The van der Waals surface area contributed by atoms with Gasteiger partial charge < -0.3 is 9.30 Å². The van der Waals surface area contributed by atoms with Gasteiger partial charge in [-0.15, -0.1) is 0 Å². The highest BCUT2D eigenvalue weighted by Crippen LogP contribution is 2.38. The molecule has 0 N–H and O–H groups in total. The first-order valence-corrected chi connectivity index (χ1v) is 7.37. The van der Waals surface area contributed by atoms with Crippen LogP contribution >= 0.6 is 0 Å². The molecule has 0 saturated heterocycles. The Morgan fingerprint density at radius 3 is 2.61 bits per heavy atom. The molecule has 1 aliphatic carbocycles. The first-order valence-electron chi connectivity index (χ1n) is 7.37. The average Bonchev–Trinajstić information content (AvgIpc) is 3.37. The molecule has 0 aliphatic heterocycles. The Hall–Kier alpha value is -2.50. The summed E-state index contributed by atoms with van der Waals surface area (Å²) in [6.45, 7) is 1.91. The van der Waals surface area contributed by atoms with E-state index >= 15 is 0 Å². The minimum atomic E-state index is -0.942. The summed E-state index contributed by atoms with van der Waals surface area (Å²) in [6, 6.07) is 2.37. The number of hydrogen-bond acceptors (Lipinski definition) is 3. The largest absolute Gasteiger partial charge is 0.495 e. The molecule has 0 amide bonds. The van der Waals surface area contributed by atoms with Gasteiger partial charge in [0.1, 0.15) is 11.6 Å². The molecule has 0 radical (unpaired) electrons. The van der Waals surface area contributed by atoms with Gasteiger partial charge >= 0.3 is 0 Å². The maximum absolute atomic E-state index is 13.6. The van der Waals surface area contributed by atoms with Crippen molar-refractivity contribution in [3.05, 3.63) is 54.1 Å². The van der Waals surface area contributed by atoms with E-state index in [1.165, 1.54) is 12.4 Å². The van der Waals surface area contributed by atoms with Crippen molar-refractivity contribution >= 4 is 0 Å². The molecule has 2 heterocycles. The number of pyridine rings is 1. The van der Waals surface area contributed by atoms with E-state index in [0.29, 0.717) is 11.6 Å². The average molecular weight is 317 g/mol. The molecule has 0 spiro atoms. The summed E-state index contributed by atoms with van der Waals surface area (Å²) in [7, 11) is 1.58. The summed E-state index contributed by atoms with van der Waals surface area (Å²) < 4.78 is 34.3. The van der Waals surface area contributed by atoms with Gasteiger partial charge in [-0.25, -0.2) is 13.8 Å². The SMILES string of the molecule is COc1cncc(-c2nccc(F)c(F)ccn2C2CC2)c1C. The fourth-order valence-corrected chi connectivity index (χ4v) is 2.41. The van der Waals surface area contributed by atoms with Crippen LogP contribution in [0.4, 0.5) is 8.78 Å². The van der Waals surface area contributed by atoms with Gasteiger partial charge in [-0.2, -0.15) is 0 Å². The van der Waals surface area contributed by atoms with E-state index in [9.17, 15) is 8.78 Å². The van der Waals surface area contributed by atoms with Gasteiger partial charge in [-0.05, 0) is 31.9 Å². The Balaban J connectivity index is 2.28. The van der Waals surface area contributed by atoms with Crippen LogP contribution in [0.2, 0.25) is 0 Å². The lowest BCUT2D eigenvalue weighted by Crippen LogP contribution is -2.02. The summed E-state index contributed by atoms with van der Waals surface area (Å²) in [5.41, 5.74) is 1.65. The molecule has 23 heavy (non-hydrogen) atoms. The molecule has 2 aromatic rings. The molecule has 4 nitrogen and oxygen atoms in total. The first-order chi connectivity index (χ1) is 11.1. The van der Waals surface area contributed by atoms with Crippen LogP contribution in [-0.4, -0.2) is 21.6 Å². The van der Waals surface area contributed by atoms with E-state index < -0.39 is 11.6 Å². The van der Waals surface area contributed by atoms with Crippen molar-refractivity contribution < 1.29 is 13.5 Å². The molecule has 1 fully saturated rings. The molecule has 0 atom stereocenters. The third kappa shape index (κ3) is 3.16. The van der Waals surface area contributed by atoms with E-state index in [4.69, 9.17) is 4.74 Å². The molecule has 120 valence electrons. The van der Waals surface area contributed by atoms with E-state index in [1.54, 1.807) is 19.5 Å². The Morgan fingerprint density at radius 1 is 1.17 bits per heavy atom. The molecule has 6 heteroatoms. The van der Waals surface area contributed by atoms with E-state index in [1.807, 2.05) is 11.5 Å². The highest BCUT2D eigenvalue weighted by atomic mass is 19.2. The van der Waals surface area contributed by atoms with Crippen molar-refractivity contribution in [2.24, 2.45) is 0 Å². The predicted molar refractivity (Wildman–Crippen MR) is 82.6 cm³/mol. The third-order valence-electron chi connectivity index (χ3n) is 3.84. The monoisotopic (exact) mass is 317 g/mol. The Morgan fingerprint density at radius 2 is 1.91 bits per heavy atom. The highest BCUT2D eigenvalue weighted by Gasteiger charge is 2.25. The number of aromatic nitrogens is 3. The maximum atomic E-state index is 13.6. The van der Waals surface area contributed by atoms with Crippen molar-refractivity contribution in [3.8, 4) is 17.1 Å². The molecule has 3 rings (SSSR count). The van der Waals surface area contributed by atoms with E-state index in [0.717, 1.165) is 36.1 Å². The quantitative estimate of drug-likeness (QED) is 0.859.